The van der Waals surface area contributed by atoms with E-state index in [1.807, 2.05) is 12.1 Å². The van der Waals surface area contributed by atoms with E-state index in [0.29, 0.717) is 5.92 Å². The Labute approximate surface area is 227 Å². The van der Waals surface area contributed by atoms with E-state index >= 15 is 0 Å². The molecule has 0 radical (unpaired) electrons. The van der Waals surface area contributed by atoms with E-state index in [0.717, 1.165) is 44.5 Å². The van der Waals surface area contributed by atoms with E-state index in [4.69, 9.17) is 34.0 Å². The van der Waals surface area contributed by atoms with Gasteiger partial charge in [0.1, 0.15) is 5.75 Å². The zero-order chi connectivity index (χ0) is 29.8. The van der Waals surface area contributed by atoms with Crippen molar-refractivity contribution in [1.29, 1.82) is 0 Å². The Morgan fingerprint density at radius 3 is 2.08 bits per heavy atom. The molecule has 4 rings (SSSR count). The van der Waals surface area contributed by atoms with E-state index in [-0.39, 0.29) is 5.60 Å². The van der Waals surface area contributed by atoms with Gasteiger partial charge >= 0.3 is 24.3 Å². The fourth-order valence-electron chi connectivity index (χ4n) is 4.91. The molecule has 40 heavy (non-hydrogen) atoms. The molecule has 1 aromatic rings. The van der Waals surface area contributed by atoms with Crippen LogP contribution in [0.2, 0.25) is 0 Å². The Morgan fingerprint density at radius 2 is 1.57 bits per heavy atom. The van der Waals surface area contributed by atoms with Crippen LogP contribution in [0.25, 0.3) is 0 Å². The Morgan fingerprint density at radius 1 is 1.00 bits per heavy atom. The van der Waals surface area contributed by atoms with Gasteiger partial charge in [-0.15, -0.1) is 0 Å². The third-order valence-electron chi connectivity index (χ3n) is 7.01. The average Bonchev–Trinajstić information content (AvgIpc) is 3.28. The summed E-state index contributed by atoms with van der Waals surface area (Å²) in [5, 5.41) is 14.2. The summed E-state index contributed by atoms with van der Waals surface area (Å²) in [6, 6.07) is 3.90. The van der Waals surface area contributed by atoms with Crippen LogP contribution in [-0.4, -0.2) is 96.1 Å². The van der Waals surface area contributed by atoms with Gasteiger partial charge in [-0.25, -0.2) is 9.59 Å². The number of carboxylic acids is 2. The van der Waals surface area contributed by atoms with Crippen molar-refractivity contribution in [3.05, 3.63) is 24.5 Å². The molecule has 3 fully saturated rings. The predicted molar refractivity (Wildman–Crippen MR) is 128 cm³/mol. The summed E-state index contributed by atoms with van der Waals surface area (Å²) in [7, 11) is 0. The largest absolute Gasteiger partial charge is 0.492 e. The third-order valence-corrected chi connectivity index (χ3v) is 7.01. The average molecular weight is 589 g/mol. The number of carboxylic acid groups (broad SMARTS) is 2. The molecule has 1 aromatic heterocycles. The zero-order valence-electron chi connectivity index (χ0n) is 21.8. The first kappa shape index (κ1) is 33.6. The lowest BCUT2D eigenvalue weighted by atomic mass is 9.78. The van der Waals surface area contributed by atoms with E-state index in [9.17, 15) is 26.3 Å². The van der Waals surface area contributed by atoms with Gasteiger partial charge in [-0.1, -0.05) is 0 Å². The summed E-state index contributed by atoms with van der Waals surface area (Å²) < 4.78 is 81.2. The minimum atomic E-state index is -5.08. The van der Waals surface area contributed by atoms with Crippen molar-refractivity contribution in [3.8, 4) is 5.75 Å². The van der Waals surface area contributed by atoms with Crippen LogP contribution < -0.4 is 4.74 Å². The molecule has 3 aliphatic heterocycles. The summed E-state index contributed by atoms with van der Waals surface area (Å²) >= 11 is 0. The van der Waals surface area contributed by atoms with E-state index in [2.05, 4.69) is 9.88 Å². The molecular formula is C25H34F6N2O7. The van der Waals surface area contributed by atoms with E-state index < -0.39 is 24.3 Å². The van der Waals surface area contributed by atoms with Crippen molar-refractivity contribution in [2.24, 2.45) is 11.8 Å². The van der Waals surface area contributed by atoms with Crippen molar-refractivity contribution in [3.63, 3.8) is 0 Å². The molecule has 0 amide bonds. The van der Waals surface area contributed by atoms with Crippen molar-refractivity contribution in [1.82, 2.24) is 9.88 Å². The van der Waals surface area contributed by atoms with Gasteiger partial charge in [0.2, 0.25) is 0 Å². The van der Waals surface area contributed by atoms with Gasteiger partial charge in [0.25, 0.3) is 0 Å². The van der Waals surface area contributed by atoms with Crippen LogP contribution >= 0.6 is 0 Å². The van der Waals surface area contributed by atoms with Crippen LogP contribution in [-0.2, 0) is 19.1 Å². The molecule has 0 aliphatic carbocycles. The minimum absolute atomic E-state index is 0.102. The first-order valence-electron chi connectivity index (χ1n) is 12.8. The summed E-state index contributed by atoms with van der Waals surface area (Å²) in [6.07, 6.45) is 0.460. The minimum Gasteiger partial charge on any atom is -0.492 e. The van der Waals surface area contributed by atoms with Crippen molar-refractivity contribution < 1.29 is 60.4 Å². The smallest absolute Gasteiger partial charge is 0.490 e. The molecule has 1 unspecified atom stereocenters. The monoisotopic (exact) mass is 588 g/mol. The molecule has 2 N–H and O–H groups in total. The first-order valence-corrected chi connectivity index (χ1v) is 12.8. The highest BCUT2D eigenvalue weighted by Crippen LogP contribution is 2.42. The zero-order valence-corrected chi connectivity index (χ0v) is 21.8. The van der Waals surface area contributed by atoms with Gasteiger partial charge in [-0.05, 0) is 62.5 Å². The molecule has 0 bridgehead atoms. The lowest BCUT2D eigenvalue weighted by molar-refractivity contribution is -0.193. The summed E-state index contributed by atoms with van der Waals surface area (Å²) in [4.78, 5) is 24.6. The molecule has 3 aliphatic rings. The van der Waals surface area contributed by atoms with Crippen LogP contribution in [0.15, 0.2) is 24.5 Å². The second-order valence-corrected chi connectivity index (χ2v) is 9.69. The molecule has 15 heteroatoms. The molecule has 1 spiro atoms. The Hall–Kier alpha value is -2.65. The summed E-state index contributed by atoms with van der Waals surface area (Å²) in [6.45, 7) is 7.17. The number of aliphatic carboxylic acids is 2. The number of likely N-dealkylation sites (tertiary alicyclic amines) is 1. The topological polar surface area (TPSA) is 118 Å². The SMILES string of the molecule is O=C(O)C(F)(F)F.O=C(O)C(F)(F)F.c1cncc(OCCC2CCOC23CCN(CC2CCOCC2)CC3)c1. The predicted octanol–water partition coefficient (Wildman–Crippen LogP) is 4.41. The second-order valence-electron chi connectivity index (χ2n) is 9.69. The number of carbonyl (C=O) groups is 2. The van der Waals surface area contributed by atoms with Gasteiger partial charge in [0, 0.05) is 45.7 Å². The first-order chi connectivity index (χ1) is 18.7. The molecule has 0 aromatic carbocycles. The van der Waals surface area contributed by atoms with Crippen molar-refractivity contribution in [2.75, 3.05) is 46.1 Å². The van der Waals surface area contributed by atoms with Gasteiger partial charge < -0.3 is 29.3 Å². The molecule has 4 heterocycles. The quantitative estimate of drug-likeness (QED) is 0.466. The second kappa shape index (κ2) is 15.4. The Kier molecular flexibility index (Phi) is 12.9. The number of rotatable bonds is 6. The van der Waals surface area contributed by atoms with Crippen molar-refractivity contribution in [2.45, 2.75) is 56.5 Å². The van der Waals surface area contributed by atoms with Gasteiger partial charge in [0.05, 0.1) is 18.4 Å². The van der Waals surface area contributed by atoms with Crippen molar-refractivity contribution >= 4 is 11.9 Å². The maximum Gasteiger partial charge on any atom is 0.490 e. The van der Waals surface area contributed by atoms with E-state index in [1.165, 1.54) is 51.7 Å². The van der Waals surface area contributed by atoms with Crippen LogP contribution in [0.3, 0.4) is 0 Å². The molecule has 1 atom stereocenters. The molecule has 9 nitrogen and oxygen atoms in total. The molecule has 0 saturated carbocycles. The molecular weight excluding hydrogens is 554 g/mol. The number of hydrogen-bond donors (Lipinski definition) is 2. The molecule has 3 saturated heterocycles. The third kappa shape index (κ3) is 11.5. The summed E-state index contributed by atoms with van der Waals surface area (Å²) in [5.74, 6) is -3.19. The van der Waals surface area contributed by atoms with E-state index in [1.54, 1.807) is 12.4 Å². The lowest BCUT2D eigenvalue weighted by Gasteiger charge is -2.43. The number of ether oxygens (including phenoxy) is 3. The maximum atomic E-state index is 10.6. The summed E-state index contributed by atoms with van der Waals surface area (Å²) in [5.41, 5.74) is 0.102. The van der Waals surface area contributed by atoms with Crippen LogP contribution in [0, 0.1) is 11.8 Å². The highest BCUT2D eigenvalue weighted by Gasteiger charge is 2.46. The Balaban J connectivity index is 0.000000333. The number of hydrogen-bond acceptors (Lipinski definition) is 7. The van der Waals surface area contributed by atoms with Crippen LogP contribution in [0.5, 0.6) is 5.75 Å². The standard InChI is InChI=1S/C21H32N2O3.2C2HF3O2/c1-2-20(16-22-9-1)25-14-5-19-6-15-26-21(19)7-10-23(11-8-21)17-18-3-12-24-13-4-18;2*3-2(4,5)1(6)7/h1-2,9,16,18-19H,3-8,10-15,17H2;2*(H,6,7). The number of nitrogens with zero attached hydrogens (tertiary/aromatic N) is 2. The van der Waals surface area contributed by atoms with Crippen LogP contribution in [0.4, 0.5) is 26.3 Å². The number of alkyl halides is 6. The van der Waals surface area contributed by atoms with Gasteiger partial charge in [0.15, 0.2) is 0 Å². The number of piperidine rings is 1. The number of halogens is 6. The van der Waals surface area contributed by atoms with Gasteiger partial charge in [-0.3, -0.25) is 4.98 Å². The number of pyridine rings is 1. The van der Waals surface area contributed by atoms with Gasteiger partial charge in [-0.2, -0.15) is 26.3 Å². The normalized spacial score (nSPS) is 21.5. The highest BCUT2D eigenvalue weighted by molar-refractivity contribution is 5.73. The number of aromatic nitrogens is 1. The fraction of sp³-hybridized carbons (Fsp3) is 0.720. The highest BCUT2D eigenvalue weighted by atomic mass is 19.4. The Bertz CT molecular complexity index is 879. The maximum absolute atomic E-state index is 10.6. The molecule has 228 valence electrons. The van der Waals surface area contributed by atoms with Crippen LogP contribution in [0.1, 0.15) is 38.5 Å². The fourth-order valence-corrected chi connectivity index (χ4v) is 4.91. The lowest BCUT2D eigenvalue weighted by Crippen LogP contribution is -2.49.